The Bertz CT molecular complexity index is 256. The van der Waals surface area contributed by atoms with Gasteiger partial charge in [-0.1, -0.05) is 0 Å². The Morgan fingerprint density at radius 2 is 2.44 bits per heavy atom. The Kier molecular flexibility index (Phi) is 5.83. The number of hydrogen-bond acceptors (Lipinski definition) is 4. The lowest BCUT2D eigenvalue weighted by Gasteiger charge is -2.24. The second-order valence-corrected chi connectivity index (χ2v) is 3.88. The van der Waals surface area contributed by atoms with Gasteiger partial charge in [-0.25, -0.2) is 0 Å². The zero-order chi connectivity index (χ0) is 11.8. The third kappa shape index (κ3) is 3.80. The monoisotopic (exact) mass is 225 g/mol. The van der Waals surface area contributed by atoms with Gasteiger partial charge >= 0.3 is 0 Å². The highest BCUT2D eigenvalue weighted by Crippen LogP contribution is 2.08. The van der Waals surface area contributed by atoms with Gasteiger partial charge in [0.1, 0.15) is 0 Å². The maximum atomic E-state index is 12.1. The van der Waals surface area contributed by atoms with Gasteiger partial charge in [0.2, 0.25) is 5.91 Å². The summed E-state index contributed by atoms with van der Waals surface area (Å²) in [5, 5.41) is 11.7. The number of carbonyl (C=O) groups is 1. The first-order valence-corrected chi connectivity index (χ1v) is 5.67. The van der Waals surface area contributed by atoms with Crippen LogP contribution in [0.1, 0.15) is 19.3 Å². The van der Waals surface area contributed by atoms with Crippen LogP contribution in [-0.4, -0.2) is 50.2 Å². The molecule has 1 amide bonds. The summed E-state index contributed by atoms with van der Waals surface area (Å²) in [5.41, 5.74) is 0. The van der Waals surface area contributed by atoms with E-state index in [9.17, 15) is 4.79 Å². The van der Waals surface area contributed by atoms with Crippen LogP contribution in [0.3, 0.4) is 0 Å². The molecule has 1 saturated heterocycles. The summed E-state index contributed by atoms with van der Waals surface area (Å²) in [6, 6.07) is 2.01. The molecule has 0 aromatic carbocycles. The summed E-state index contributed by atoms with van der Waals surface area (Å²) < 4.78 is 4.97. The predicted molar refractivity (Wildman–Crippen MR) is 59.7 cm³/mol. The van der Waals surface area contributed by atoms with Gasteiger partial charge in [0.05, 0.1) is 25.1 Å². The molecule has 1 aliphatic heterocycles. The zero-order valence-corrected chi connectivity index (χ0v) is 9.74. The van der Waals surface area contributed by atoms with Gasteiger partial charge < -0.3 is 15.0 Å². The van der Waals surface area contributed by atoms with Crippen LogP contribution in [0.5, 0.6) is 0 Å². The van der Waals surface area contributed by atoms with Crippen molar-refractivity contribution in [2.75, 3.05) is 33.4 Å². The lowest BCUT2D eigenvalue weighted by Crippen LogP contribution is -2.45. The van der Waals surface area contributed by atoms with Crippen molar-refractivity contribution >= 4 is 5.91 Å². The van der Waals surface area contributed by atoms with Crippen LogP contribution < -0.4 is 5.32 Å². The molecule has 0 spiro atoms. The molecule has 1 rings (SSSR count). The van der Waals surface area contributed by atoms with Gasteiger partial charge in [0, 0.05) is 20.2 Å². The molecule has 0 radical (unpaired) electrons. The first-order valence-electron chi connectivity index (χ1n) is 5.67. The summed E-state index contributed by atoms with van der Waals surface area (Å²) in [5.74, 6) is 0.102. The molecule has 1 heterocycles. The van der Waals surface area contributed by atoms with Gasteiger partial charge in [-0.3, -0.25) is 4.79 Å². The van der Waals surface area contributed by atoms with E-state index >= 15 is 0 Å². The lowest BCUT2D eigenvalue weighted by molar-refractivity contribution is -0.133. The van der Waals surface area contributed by atoms with Gasteiger partial charge in [-0.2, -0.15) is 5.26 Å². The Morgan fingerprint density at radius 3 is 3.00 bits per heavy atom. The minimum atomic E-state index is -0.0597. The molecule has 0 bridgehead atoms. The Labute approximate surface area is 96.4 Å². The Balaban J connectivity index is 2.45. The first kappa shape index (κ1) is 12.9. The van der Waals surface area contributed by atoms with Gasteiger partial charge in [0.25, 0.3) is 0 Å². The van der Waals surface area contributed by atoms with Crippen molar-refractivity contribution in [3.05, 3.63) is 0 Å². The maximum Gasteiger partial charge on any atom is 0.239 e. The SMILES string of the molecule is COCCN(CCC#N)C(=O)C1CCCN1. The van der Waals surface area contributed by atoms with E-state index in [0.29, 0.717) is 26.1 Å². The molecule has 16 heavy (non-hydrogen) atoms. The third-order valence-electron chi connectivity index (χ3n) is 2.73. The Morgan fingerprint density at radius 1 is 1.62 bits per heavy atom. The number of nitrogens with zero attached hydrogens (tertiary/aromatic N) is 2. The highest BCUT2D eigenvalue weighted by atomic mass is 16.5. The fraction of sp³-hybridized carbons (Fsp3) is 0.818. The second-order valence-electron chi connectivity index (χ2n) is 3.88. The lowest BCUT2D eigenvalue weighted by atomic mass is 10.2. The minimum Gasteiger partial charge on any atom is -0.383 e. The second kappa shape index (κ2) is 7.20. The van der Waals surface area contributed by atoms with E-state index in [0.717, 1.165) is 19.4 Å². The van der Waals surface area contributed by atoms with Crippen LogP contribution >= 0.6 is 0 Å². The van der Waals surface area contributed by atoms with Crippen molar-refractivity contribution < 1.29 is 9.53 Å². The number of nitriles is 1. The number of methoxy groups -OCH3 is 1. The summed E-state index contributed by atoms with van der Waals surface area (Å²) in [4.78, 5) is 13.8. The molecule has 1 aliphatic rings. The normalized spacial score (nSPS) is 19.4. The standard InChI is InChI=1S/C11H19N3O2/c1-16-9-8-14(7-3-5-12)11(15)10-4-2-6-13-10/h10,13H,2-4,6-9H2,1H3. The predicted octanol–water partition coefficient (Wildman–Crippen LogP) is 0.127. The zero-order valence-electron chi connectivity index (χ0n) is 9.74. The molecular formula is C11H19N3O2. The van der Waals surface area contributed by atoms with Crippen molar-refractivity contribution in [3.8, 4) is 6.07 Å². The number of carbonyl (C=O) groups excluding carboxylic acids is 1. The van der Waals surface area contributed by atoms with Crippen LogP contribution in [0.25, 0.3) is 0 Å². The molecule has 0 saturated carbocycles. The van der Waals surface area contributed by atoms with Crippen LogP contribution in [-0.2, 0) is 9.53 Å². The number of ether oxygens (including phenoxy) is 1. The van der Waals surface area contributed by atoms with Gasteiger partial charge in [-0.05, 0) is 19.4 Å². The van der Waals surface area contributed by atoms with E-state index in [1.165, 1.54) is 0 Å². The third-order valence-corrected chi connectivity index (χ3v) is 2.73. The van der Waals surface area contributed by atoms with E-state index in [2.05, 4.69) is 11.4 Å². The van der Waals surface area contributed by atoms with E-state index in [-0.39, 0.29) is 11.9 Å². The van der Waals surface area contributed by atoms with Crippen LogP contribution in [0.2, 0.25) is 0 Å². The fourth-order valence-corrected chi connectivity index (χ4v) is 1.83. The smallest absolute Gasteiger partial charge is 0.239 e. The molecule has 1 atom stereocenters. The highest BCUT2D eigenvalue weighted by molar-refractivity contribution is 5.82. The van der Waals surface area contributed by atoms with Gasteiger partial charge in [0.15, 0.2) is 0 Å². The first-order chi connectivity index (χ1) is 7.79. The fourth-order valence-electron chi connectivity index (χ4n) is 1.83. The molecule has 1 unspecified atom stereocenters. The minimum absolute atomic E-state index is 0.0597. The Hall–Kier alpha value is -1.12. The van der Waals surface area contributed by atoms with E-state index in [4.69, 9.17) is 10.00 Å². The van der Waals surface area contributed by atoms with E-state index < -0.39 is 0 Å². The van der Waals surface area contributed by atoms with E-state index in [1.807, 2.05) is 0 Å². The molecule has 0 aromatic heterocycles. The number of hydrogen-bond donors (Lipinski definition) is 1. The van der Waals surface area contributed by atoms with Gasteiger partial charge in [-0.15, -0.1) is 0 Å². The number of amides is 1. The average Bonchev–Trinajstić information content (AvgIpc) is 2.82. The van der Waals surface area contributed by atoms with Crippen LogP contribution in [0, 0.1) is 11.3 Å². The largest absolute Gasteiger partial charge is 0.383 e. The average molecular weight is 225 g/mol. The topological polar surface area (TPSA) is 65.4 Å². The highest BCUT2D eigenvalue weighted by Gasteiger charge is 2.26. The summed E-state index contributed by atoms with van der Waals surface area (Å²) in [6.45, 7) is 2.49. The molecule has 5 nitrogen and oxygen atoms in total. The number of nitrogens with one attached hydrogen (secondary N) is 1. The van der Waals surface area contributed by atoms with Crippen molar-refractivity contribution in [2.24, 2.45) is 0 Å². The van der Waals surface area contributed by atoms with Crippen molar-refractivity contribution in [3.63, 3.8) is 0 Å². The summed E-state index contributed by atoms with van der Waals surface area (Å²) >= 11 is 0. The molecule has 90 valence electrons. The molecule has 0 aromatic rings. The van der Waals surface area contributed by atoms with Crippen LogP contribution in [0.4, 0.5) is 0 Å². The summed E-state index contributed by atoms with van der Waals surface area (Å²) in [6.07, 6.45) is 2.32. The molecule has 1 N–H and O–H groups in total. The molecule has 1 fully saturated rings. The van der Waals surface area contributed by atoms with Crippen molar-refractivity contribution in [1.82, 2.24) is 10.2 Å². The summed E-state index contributed by atoms with van der Waals surface area (Å²) in [7, 11) is 1.61. The van der Waals surface area contributed by atoms with Crippen molar-refractivity contribution in [2.45, 2.75) is 25.3 Å². The quantitative estimate of drug-likeness (QED) is 0.697. The molecular weight excluding hydrogens is 206 g/mol. The molecule has 5 heteroatoms. The number of rotatable bonds is 6. The van der Waals surface area contributed by atoms with E-state index in [1.54, 1.807) is 12.0 Å². The maximum absolute atomic E-state index is 12.1. The van der Waals surface area contributed by atoms with Crippen LogP contribution in [0.15, 0.2) is 0 Å². The van der Waals surface area contributed by atoms with Crippen molar-refractivity contribution in [1.29, 1.82) is 5.26 Å². The molecule has 0 aliphatic carbocycles.